The van der Waals surface area contributed by atoms with E-state index in [2.05, 4.69) is 180 Å². The van der Waals surface area contributed by atoms with Gasteiger partial charge in [-0.3, -0.25) is 0 Å². The highest BCUT2D eigenvalue weighted by Gasteiger charge is 2.30. The second kappa shape index (κ2) is 10.9. The molecule has 0 bridgehead atoms. The van der Waals surface area contributed by atoms with Gasteiger partial charge in [0.2, 0.25) is 0 Å². The molecular weight excluding hydrogens is 619 g/mol. The van der Waals surface area contributed by atoms with Crippen molar-refractivity contribution >= 4 is 43.7 Å². The van der Waals surface area contributed by atoms with E-state index in [0.29, 0.717) is 0 Å². The van der Waals surface area contributed by atoms with Crippen LogP contribution < -0.4 is 0 Å². The first kappa shape index (κ1) is 28.2. The molecule has 1 unspecified atom stereocenters. The Hall–Kier alpha value is -6.64. The lowest BCUT2D eigenvalue weighted by atomic mass is 9.87. The molecule has 0 fully saturated rings. The lowest BCUT2D eigenvalue weighted by molar-refractivity contribution is 0.673. The van der Waals surface area contributed by atoms with Gasteiger partial charge in [-0.05, 0) is 98.6 Å². The Morgan fingerprint density at radius 1 is 0.412 bits per heavy atom. The van der Waals surface area contributed by atoms with E-state index < -0.39 is 0 Å². The number of benzene rings is 8. The van der Waals surface area contributed by atoms with Gasteiger partial charge >= 0.3 is 0 Å². The summed E-state index contributed by atoms with van der Waals surface area (Å²) in [6.07, 6.45) is 0. The molecule has 2 aromatic heterocycles. The number of para-hydroxylation sites is 2. The highest BCUT2D eigenvalue weighted by atomic mass is 16.3. The summed E-state index contributed by atoms with van der Waals surface area (Å²) in [6.45, 7) is 0. The molecule has 2 nitrogen and oxygen atoms in total. The first-order valence-electron chi connectivity index (χ1n) is 17.6. The van der Waals surface area contributed by atoms with Crippen molar-refractivity contribution in [2.75, 3.05) is 0 Å². The van der Waals surface area contributed by atoms with E-state index >= 15 is 0 Å². The Bertz CT molecular complexity index is 2970. The van der Waals surface area contributed by atoms with Gasteiger partial charge in [-0.1, -0.05) is 133 Å². The van der Waals surface area contributed by atoms with Crippen molar-refractivity contribution in [2.24, 2.45) is 0 Å². The van der Waals surface area contributed by atoms with E-state index in [0.717, 1.165) is 44.0 Å². The average Bonchev–Trinajstić information content (AvgIpc) is 3.86. The van der Waals surface area contributed by atoms with Crippen LogP contribution in [0.2, 0.25) is 0 Å². The lowest BCUT2D eigenvalue weighted by Crippen LogP contribution is -1.99. The molecule has 10 aromatic rings. The molecule has 0 N–H and O–H groups in total. The molecule has 0 radical (unpaired) electrons. The van der Waals surface area contributed by atoms with Crippen LogP contribution in [0.25, 0.3) is 82.8 Å². The quantitative estimate of drug-likeness (QED) is 0.186. The predicted octanol–water partition coefficient (Wildman–Crippen LogP) is 13.2. The molecular formula is C49H31NO. The van der Waals surface area contributed by atoms with Crippen LogP contribution in [-0.4, -0.2) is 4.57 Å². The van der Waals surface area contributed by atoms with Crippen molar-refractivity contribution in [2.45, 2.75) is 5.92 Å². The van der Waals surface area contributed by atoms with Gasteiger partial charge in [0.25, 0.3) is 0 Å². The minimum absolute atomic E-state index is 0.182. The average molecular weight is 650 g/mol. The van der Waals surface area contributed by atoms with Crippen LogP contribution in [0.1, 0.15) is 22.6 Å². The first-order chi connectivity index (χ1) is 25.3. The smallest absolute Gasteiger partial charge is 0.145 e. The molecule has 51 heavy (non-hydrogen) atoms. The van der Waals surface area contributed by atoms with Gasteiger partial charge in [0.1, 0.15) is 11.2 Å². The normalized spacial score (nSPS) is 13.7. The van der Waals surface area contributed by atoms with Crippen LogP contribution in [0.4, 0.5) is 0 Å². The maximum atomic E-state index is 6.65. The van der Waals surface area contributed by atoms with Gasteiger partial charge in [0.15, 0.2) is 0 Å². The fourth-order valence-corrected chi connectivity index (χ4v) is 8.59. The Morgan fingerprint density at radius 3 is 2.00 bits per heavy atom. The van der Waals surface area contributed by atoms with E-state index in [-0.39, 0.29) is 5.92 Å². The Kier molecular flexibility index (Phi) is 6.05. The monoisotopic (exact) mass is 649 g/mol. The summed E-state index contributed by atoms with van der Waals surface area (Å²) in [5.41, 5.74) is 16.9. The zero-order valence-corrected chi connectivity index (χ0v) is 27.8. The SMILES string of the molecule is c1ccc(-c2cccc(C3c4ccccc4-c4cc(-c5ccc6c(c5)c5c7oc8ccccc8c7ccc5n6-c5ccccc5)ccc43)c2)cc1. The standard InChI is InChI=1S/C49H31NO/c1-3-12-31(13-4-1)32-14-11-15-35(28-32)47-39-20-8-7-18-37(39)42-29-33(22-24-40(42)47)34-23-26-44-43(30-34)48-45(50(44)36-16-5-2-6-17-36)27-25-41-38-19-9-10-21-46(38)51-49(41)48/h1-30,47H. The van der Waals surface area contributed by atoms with Crippen molar-refractivity contribution in [1.29, 1.82) is 0 Å². The Labute approximate surface area is 295 Å². The van der Waals surface area contributed by atoms with E-state index in [9.17, 15) is 0 Å². The topological polar surface area (TPSA) is 18.1 Å². The Balaban J connectivity index is 1.10. The lowest BCUT2D eigenvalue weighted by Gasteiger charge is -2.16. The predicted molar refractivity (Wildman–Crippen MR) is 212 cm³/mol. The summed E-state index contributed by atoms with van der Waals surface area (Å²) in [4.78, 5) is 0. The summed E-state index contributed by atoms with van der Waals surface area (Å²) in [5, 5.41) is 4.63. The van der Waals surface area contributed by atoms with Crippen LogP contribution in [0.15, 0.2) is 186 Å². The number of furan rings is 1. The van der Waals surface area contributed by atoms with Crippen LogP contribution >= 0.6 is 0 Å². The minimum Gasteiger partial charge on any atom is -0.455 e. The minimum atomic E-state index is 0.182. The molecule has 0 aliphatic heterocycles. The zero-order valence-electron chi connectivity index (χ0n) is 27.8. The van der Waals surface area contributed by atoms with Crippen molar-refractivity contribution < 1.29 is 4.42 Å². The van der Waals surface area contributed by atoms with Gasteiger partial charge in [-0.25, -0.2) is 0 Å². The maximum absolute atomic E-state index is 6.65. The molecule has 8 aromatic carbocycles. The molecule has 238 valence electrons. The third-order valence-corrected chi connectivity index (χ3v) is 10.9. The van der Waals surface area contributed by atoms with Crippen LogP contribution in [0, 0.1) is 0 Å². The summed E-state index contributed by atoms with van der Waals surface area (Å²) in [6, 6.07) is 66.2. The molecule has 0 amide bonds. The van der Waals surface area contributed by atoms with Gasteiger partial charge in [0, 0.05) is 27.8 Å². The van der Waals surface area contributed by atoms with Crippen LogP contribution in [-0.2, 0) is 0 Å². The van der Waals surface area contributed by atoms with E-state index in [4.69, 9.17) is 4.42 Å². The number of rotatable bonds is 4. The van der Waals surface area contributed by atoms with Gasteiger partial charge in [-0.2, -0.15) is 0 Å². The second-order valence-corrected chi connectivity index (χ2v) is 13.7. The molecule has 11 rings (SSSR count). The molecule has 2 heterocycles. The number of fused-ring (bicyclic) bond motifs is 10. The number of nitrogens with zero attached hydrogens (tertiary/aromatic N) is 1. The molecule has 0 saturated carbocycles. The van der Waals surface area contributed by atoms with E-state index in [1.165, 1.54) is 55.5 Å². The van der Waals surface area contributed by atoms with Crippen LogP contribution in [0.3, 0.4) is 0 Å². The third-order valence-electron chi connectivity index (χ3n) is 10.9. The number of aromatic nitrogens is 1. The van der Waals surface area contributed by atoms with E-state index in [1.807, 2.05) is 6.07 Å². The summed E-state index contributed by atoms with van der Waals surface area (Å²) in [5.74, 6) is 0.182. The van der Waals surface area contributed by atoms with Crippen molar-refractivity contribution in [1.82, 2.24) is 4.57 Å². The second-order valence-electron chi connectivity index (χ2n) is 13.7. The molecule has 1 aliphatic carbocycles. The number of hydrogen-bond acceptors (Lipinski definition) is 1. The summed E-state index contributed by atoms with van der Waals surface area (Å²) >= 11 is 0. The highest BCUT2D eigenvalue weighted by Crippen LogP contribution is 2.50. The summed E-state index contributed by atoms with van der Waals surface area (Å²) < 4.78 is 9.01. The molecule has 0 saturated heterocycles. The summed E-state index contributed by atoms with van der Waals surface area (Å²) in [7, 11) is 0. The highest BCUT2D eigenvalue weighted by molar-refractivity contribution is 6.24. The fraction of sp³-hybridized carbons (Fsp3) is 0.0204. The fourth-order valence-electron chi connectivity index (χ4n) is 8.59. The van der Waals surface area contributed by atoms with Gasteiger partial charge in [0.05, 0.1) is 16.4 Å². The Morgan fingerprint density at radius 2 is 1.10 bits per heavy atom. The first-order valence-corrected chi connectivity index (χ1v) is 17.6. The van der Waals surface area contributed by atoms with Crippen LogP contribution in [0.5, 0.6) is 0 Å². The maximum Gasteiger partial charge on any atom is 0.145 e. The van der Waals surface area contributed by atoms with Crippen molar-refractivity contribution in [3.8, 4) is 39.1 Å². The largest absolute Gasteiger partial charge is 0.455 e. The zero-order chi connectivity index (χ0) is 33.5. The molecule has 2 heteroatoms. The van der Waals surface area contributed by atoms with Gasteiger partial charge in [-0.15, -0.1) is 0 Å². The van der Waals surface area contributed by atoms with E-state index in [1.54, 1.807) is 0 Å². The number of hydrogen-bond donors (Lipinski definition) is 0. The van der Waals surface area contributed by atoms with Gasteiger partial charge < -0.3 is 8.98 Å². The molecule has 1 aliphatic rings. The molecule has 0 spiro atoms. The van der Waals surface area contributed by atoms with Crippen molar-refractivity contribution in [3.63, 3.8) is 0 Å². The third kappa shape index (κ3) is 4.23. The molecule has 1 atom stereocenters. The van der Waals surface area contributed by atoms with Crippen molar-refractivity contribution in [3.05, 3.63) is 199 Å².